The van der Waals surface area contributed by atoms with E-state index < -0.39 is 28.6 Å². The highest BCUT2D eigenvalue weighted by Crippen LogP contribution is 2.16. The number of aliphatic hydroxyl groups excluding tert-OH is 1. The zero-order valence-electron chi connectivity index (χ0n) is 8.14. The van der Waals surface area contributed by atoms with Crippen LogP contribution < -0.4 is 4.72 Å². The van der Waals surface area contributed by atoms with Gasteiger partial charge in [-0.3, -0.25) is 8.74 Å². The molecule has 0 saturated carbocycles. The van der Waals surface area contributed by atoms with Crippen LogP contribution in [0.15, 0.2) is 0 Å². The molecule has 0 radical (unpaired) electrons. The number of rotatable bonds is 5. The Morgan fingerprint density at radius 1 is 1.56 bits per heavy atom. The highest BCUT2D eigenvalue weighted by atomic mass is 32.2. The second-order valence-corrected chi connectivity index (χ2v) is 4.89. The number of aliphatic hydroxyl groups is 1. The van der Waals surface area contributed by atoms with Gasteiger partial charge in [-0.05, 0) is 0 Å². The van der Waals surface area contributed by atoms with Crippen molar-refractivity contribution in [2.45, 2.75) is 24.7 Å². The van der Waals surface area contributed by atoms with Gasteiger partial charge >= 0.3 is 10.3 Å². The molecule has 10 heteroatoms. The van der Waals surface area contributed by atoms with Crippen LogP contribution in [0.25, 0.3) is 0 Å². The third-order valence-electron chi connectivity index (χ3n) is 2.09. The molecule has 16 heavy (non-hydrogen) atoms. The second kappa shape index (κ2) is 6.12. The van der Waals surface area contributed by atoms with Gasteiger partial charge in [0.2, 0.25) is 0 Å². The molecule has 0 aromatic rings. The summed E-state index contributed by atoms with van der Waals surface area (Å²) in [5.74, 6) is 0. The zero-order valence-corrected chi connectivity index (χ0v) is 9.78. The first kappa shape index (κ1) is 14.1. The van der Waals surface area contributed by atoms with E-state index >= 15 is 0 Å². The predicted molar refractivity (Wildman–Crippen MR) is 55.0 cm³/mol. The molecule has 96 valence electrons. The Kier molecular flexibility index (Phi) is 5.40. The Bertz CT molecular complexity index is 308. The number of ether oxygens (including phenoxy) is 1. The van der Waals surface area contributed by atoms with E-state index in [2.05, 4.69) is 4.18 Å². The van der Waals surface area contributed by atoms with Gasteiger partial charge in [0, 0.05) is 6.42 Å². The van der Waals surface area contributed by atoms with Gasteiger partial charge in [0.1, 0.15) is 0 Å². The molecule has 1 aliphatic heterocycles. The Morgan fingerprint density at radius 2 is 2.25 bits per heavy atom. The lowest BCUT2D eigenvalue weighted by atomic mass is 10.0. The molecule has 1 saturated heterocycles. The van der Waals surface area contributed by atoms with Crippen molar-refractivity contribution >= 4 is 22.6 Å². The van der Waals surface area contributed by atoms with Gasteiger partial charge in [-0.2, -0.15) is 13.1 Å². The fraction of sp³-hybridized carbons (Fsp3) is 1.00. The maximum Gasteiger partial charge on any atom is 0.333 e. The molecule has 4 N–H and O–H groups in total. The van der Waals surface area contributed by atoms with Gasteiger partial charge in [-0.15, -0.1) is 0 Å². The molecule has 0 amide bonds. The molecular formula is C6H13NO7S2. The molecule has 8 nitrogen and oxygen atoms in total. The van der Waals surface area contributed by atoms with Crippen LogP contribution in [-0.2, 0) is 19.2 Å². The molecular weight excluding hydrogens is 262 g/mol. The topological polar surface area (TPSA) is 125 Å². The molecule has 3 unspecified atom stereocenters. The van der Waals surface area contributed by atoms with E-state index in [4.69, 9.17) is 13.8 Å². The van der Waals surface area contributed by atoms with Gasteiger partial charge in [-0.1, -0.05) is 0 Å². The summed E-state index contributed by atoms with van der Waals surface area (Å²) >= 11 is 0.194. The van der Waals surface area contributed by atoms with Crippen molar-refractivity contribution in [1.29, 1.82) is 0 Å². The van der Waals surface area contributed by atoms with Gasteiger partial charge in [0.05, 0.1) is 31.5 Å². The van der Waals surface area contributed by atoms with Crippen LogP contribution in [0, 0.1) is 0 Å². The molecule has 1 heterocycles. The lowest BCUT2D eigenvalue weighted by Crippen LogP contribution is -2.52. The number of nitrogens with one attached hydrogen (secondary N) is 1. The first-order valence-corrected chi connectivity index (χ1v) is 6.53. The quantitative estimate of drug-likeness (QED) is 0.373. The summed E-state index contributed by atoms with van der Waals surface area (Å²) in [6.07, 6.45) is -1.25. The Morgan fingerprint density at radius 3 is 2.75 bits per heavy atom. The van der Waals surface area contributed by atoms with Crippen molar-refractivity contribution in [3.8, 4) is 0 Å². The monoisotopic (exact) mass is 275 g/mol. The fourth-order valence-corrected chi connectivity index (χ4v) is 2.20. The van der Waals surface area contributed by atoms with E-state index in [1.165, 1.54) is 0 Å². The summed E-state index contributed by atoms with van der Waals surface area (Å²) in [5.41, 5.74) is 0. The van der Waals surface area contributed by atoms with E-state index in [0.717, 1.165) is 0 Å². The van der Waals surface area contributed by atoms with E-state index in [-0.39, 0.29) is 32.0 Å². The van der Waals surface area contributed by atoms with Crippen molar-refractivity contribution in [3.05, 3.63) is 0 Å². The zero-order chi connectivity index (χ0) is 12.2. The summed E-state index contributed by atoms with van der Waals surface area (Å²) in [5, 5.41) is 9.56. The lowest BCUT2D eigenvalue weighted by Gasteiger charge is -2.32. The van der Waals surface area contributed by atoms with Crippen molar-refractivity contribution in [1.82, 2.24) is 4.72 Å². The van der Waals surface area contributed by atoms with Gasteiger partial charge in [0.15, 0.2) is 12.3 Å². The van der Waals surface area contributed by atoms with Crippen LogP contribution in [0.3, 0.4) is 0 Å². The van der Waals surface area contributed by atoms with E-state index in [1.54, 1.807) is 0 Å². The van der Waals surface area contributed by atoms with Crippen molar-refractivity contribution in [3.63, 3.8) is 0 Å². The summed E-state index contributed by atoms with van der Waals surface area (Å²) < 4.78 is 49.5. The third-order valence-corrected chi connectivity index (χ3v) is 2.93. The molecule has 0 aromatic heterocycles. The minimum Gasteiger partial charge on any atom is -0.391 e. The average Bonchev–Trinajstić information content (AvgIpc) is 2.17. The SMILES string of the molecule is O=S(=O)(O)NC1COC(COSO)CC1O. The largest absolute Gasteiger partial charge is 0.391 e. The normalized spacial score (nSPS) is 31.6. The molecule has 1 rings (SSSR count). The van der Waals surface area contributed by atoms with Crippen LogP contribution >= 0.6 is 12.3 Å². The molecule has 0 aromatic carbocycles. The van der Waals surface area contributed by atoms with Crippen molar-refractivity contribution in [2.75, 3.05) is 13.2 Å². The molecule has 1 aliphatic rings. The standard InChI is InChI=1S/C6H13NO7S2/c8-6-1-4(2-14-15-9)13-3-5(6)7-16(10,11)12/h4-9H,1-3H2,(H,10,11,12). The minimum absolute atomic E-state index is 0.0783. The maximum absolute atomic E-state index is 10.5. The Hall–Kier alpha value is 0.0600. The number of hydrogen-bond acceptors (Lipinski definition) is 7. The number of hydrogen-bond donors (Lipinski definition) is 4. The van der Waals surface area contributed by atoms with Crippen molar-refractivity contribution in [2.24, 2.45) is 0 Å². The van der Waals surface area contributed by atoms with Gasteiger partial charge < -0.3 is 14.4 Å². The maximum atomic E-state index is 10.5. The summed E-state index contributed by atoms with van der Waals surface area (Å²) in [7, 11) is -4.36. The van der Waals surface area contributed by atoms with Crippen LogP contribution in [0.1, 0.15) is 6.42 Å². The van der Waals surface area contributed by atoms with Crippen LogP contribution in [-0.4, -0.2) is 54.1 Å². The second-order valence-electron chi connectivity index (χ2n) is 3.32. The molecule has 0 aliphatic carbocycles. The summed E-state index contributed by atoms with van der Waals surface area (Å²) in [4.78, 5) is 0. The van der Waals surface area contributed by atoms with Crippen LogP contribution in [0.4, 0.5) is 0 Å². The minimum atomic E-state index is -4.36. The molecule has 3 atom stereocenters. The van der Waals surface area contributed by atoms with Crippen molar-refractivity contribution < 1.29 is 31.5 Å². The highest BCUT2D eigenvalue weighted by Gasteiger charge is 2.32. The van der Waals surface area contributed by atoms with Gasteiger partial charge in [-0.25, -0.2) is 0 Å². The fourth-order valence-electron chi connectivity index (χ4n) is 1.38. The Balaban J connectivity index is 2.40. The van der Waals surface area contributed by atoms with E-state index in [9.17, 15) is 13.5 Å². The first-order valence-electron chi connectivity index (χ1n) is 4.40. The first-order chi connectivity index (χ1) is 7.42. The molecule has 0 spiro atoms. The summed E-state index contributed by atoms with van der Waals surface area (Å²) in [6.45, 7) is 0.00189. The third kappa shape index (κ3) is 4.93. The Labute approximate surface area is 97.2 Å². The van der Waals surface area contributed by atoms with Crippen LogP contribution in [0.5, 0.6) is 0 Å². The molecule has 1 fully saturated rings. The summed E-state index contributed by atoms with van der Waals surface area (Å²) in [6, 6.07) is -0.881. The lowest BCUT2D eigenvalue weighted by molar-refractivity contribution is -0.0740. The highest BCUT2D eigenvalue weighted by molar-refractivity contribution is 7.88. The molecule has 0 bridgehead atoms. The van der Waals surface area contributed by atoms with E-state index in [0.29, 0.717) is 0 Å². The predicted octanol–water partition coefficient (Wildman–Crippen LogP) is -0.965. The van der Waals surface area contributed by atoms with E-state index in [1.807, 2.05) is 4.72 Å². The van der Waals surface area contributed by atoms with Crippen LogP contribution in [0.2, 0.25) is 0 Å². The smallest absolute Gasteiger partial charge is 0.333 e. The average molecular weight is 275 g/mol. The van der Waals surface area contributed by atoms with Gasteiger partial charge in [0.25, 0.3) is 0 Å².